The monoisotopic (exact) mass is 313 g/mol. The third-order valence-electron chi connectivity index (χ3n) is 3.51. The predicted molar refractivity (Wildman–Crippen MR) is 81.4 cm³/mol. The molecule has 0 heterocycles. The molecule has 3 N–H and O–H groups in total. The maximum Gasteiger partial charge on any atom is 0.0813 e. The van der Waals surface area contributed by atoms with Gasteiger partial charge in [-0.15, -0.1) is 0 Å². The van der Waals surface area contributed by atoms with Crippen LogP contribution in [-0.4, -0.2) is 5.11 Å². The lowest BCUT2D eigenvalue weighted by atomic mass is 9.90. The van der Waals surface area contributed by atoms with Gasteiger partial charge in [0.1, 0.15) is 0 Å². The lowest BCUT2D eigenvalue weighted by molar-refractivity contribution is 0.139. The van der Waals surface area contributed by atoms with Gasteiger partial charge in [0.2, 0.25) is 0 Å². The Labute approximate surface area is 119 Å². The SMILES string of the molecule is CCCCC(CC)CC(O)c1cc(Br)ccc1N. The molecule has 0 spiro atoms. The molecule has 1 rings (SSSR count). The van der Waals surface area contributed by atoms with Crippen LogP contribution in [0.4, 0.5) is 5.69 Å². The van der Waals surface area contributed by atoms with Crippen molar-refractivity contribution in [1.82, 2.24) is 0 Å². The number of hydrogen-bond acceptors (Lipinski definition) is 2. The van der Waals surface area contributed by atoms with E-state index in [4.69, 9.17) is 5.73 Å². The van der Waals surface area contributed by atoms with Crippen molar-refractivity contribution < 1.29 is 5.11 Å². The van der Waals surface area contributed by atoms with E-state index in [-0.39, 0.29) is 0 Å². The lowest BCUT2D eigenvalue weighted by Crippen LogP contribution is -2.09. The minimum absolute atomic E-state index is 0.454. The number of hydrogen-bond donors (Lipinski definition) is 2. The summed E-state index contributed by atoms with van der Waals surface area (Å²) in [5.41, 5.74) is 7.45. The zero-order chi connectivity index (χ0) is 13.5. The lowest BCUT2D eigenvalue weighted by Gasteiger charge is -2.20. The van der Waals surface area contributed by atoms with Crippen molar-refractivity contribution in [2.24, 2.45) is 5.92 Å². The average Bonchev–Trinajstić information content (AvgIpc) is 2.37. The molecule has 102 valence electrons. The van der Waals surface area contributed by atoms with Gasteiger partial charge in [-0.3, -0.25) is 0 Å². The highest BCUT2D eigenvalue weighted by Gasteiger charge is 2.16. The van der Waals surface area contributed by atoms with E-state index in [9.17, 15) is 5.11 Å². The van der Waals surface area contributed by atoms with Crippen molar-refractivity contribution >= 4 is 21.6 Å². The molecule has 0 amide bonds. The maximum absolute atomic E-state index is 10.3. The molecule has 2 unspecified atom stereocenters. The van der Waals surface area contributed by atoms with E-state index in [0.29, 0.717) is 11.6 Å². The Morgan fingerprint density at radius 3 is 2.67 bits per heavy atom. The largest absolute Gasteiger partial charge is 0.398 e. The van der Waals surface area contributed by atoms with Crippen LogP contribution >= 0.6 is 15.9 Å². The van der Waals surface area contributed by atoms with Gasteiger partial charge in [-0.05, 0) is 30.5 Å². The van der Waals surface area contributed by atoms with E-state index in [1.54, 1.807) is 0 Å². The number of anilines is 1. The summed E-state index contributed by atoms with van der Waals surface area (Å²) in [6, 6.07) is 5.67. The molecule has 0 aromatic heterocycles. The van der Waals surface area contributed by atoms with Crippen LogP contribution in [0.2, 0.25) is 0 Å². The van der Waals surface area contributed by atoms with Gasteiger partial charge in [-0.2, -0.15) is 0 Å². The molecule has 3 heteroatoms. The molecule has 2 atom stereocenters. The van der Waals surface area contributed by atoms with Crippen molar-refractivity contribution in [2.75, 3.05) is 5.73 Å². The Bertz CT molecular complexity index is 368. The van der Waals surface area contributed by atoms with Crippen molar-refractivity contribution in [2.45, 2.75) is 52.1 Å². The van der Waals surface area contributed by atoms with Gasteiger partial charge in [0, 0.05) is 15.7 Å². The minimum Gasteiger partial charge on any atom is -0.398 e. The summed E-state index contributed by atoms with van der Waals surface area (Å²) in [7, 11) is 0. The second kappa shape index (κ2) is 7.80. The standard InChI is InChI=1S/C15H24BrNO/c1-3-5-6-11(4-2)9-15(18)13-10-12(16)7-8-14(13)17/h7-8,10-11,15,18H,3-6,9,17H2,1-2H3. The zero-order valence-corrected chi connectivity index (χ0v) is 12.9. The van der Waals surface area contributed by atoms with Gasteiger partial charge >= 0.3 is 0 Å². The fraction of sp³-hybridized carbons (Fsp3) is 0.600. The van der Waals surface area contributed by atoms with Crippen molar-refractivity contribution in [3.63, 3.8) is 0 Å². The summed E-state index contributed by atoms with van der Waals surface area (Å²) in [5, 5.41) is 10.3. The number of nitrogens with two attached hydrogens (primary N) is 1. The van der Waals surface area contributed by atoms with E-state index in [1.165, 1.54) is 19.3 Å². The van der Waals surface area contributed by atoms with Crippen LogP contribution in [-0.2, 0) is 0 Å². The normalized spacial score (nSPS) is 14.4. The second-order valence-corrected chi connectivity index (χ2v) is 5.86. The zero-order valence-electron chi connectivity index (χ0n) is 11.3. The van der Waals surface area contributed by atoms with E-state index >= 15 is 0 Å². The number of halogens is 1. The molecule has 0 saturated heterocycles. The third-order valence-corrected chi connectivity index (χ3v) is 4.00. The molecule has 0 radical (unpaired) electrons. The van der Waals surface area contributed by atoms with Gasteiger partial charge in [-0.25, -0.2) is 0 Å². The molecule has 0 saturated carbocycles. The molecule has 18 heavy (non-hydrogen) atoms. The van der Waals surface area contributed by atoms with Gasteiger partial charge in [0.05, 0.1) is 6.10 Å². The number of rotatable bonds is 7. The maximum atomic E-state index is 10.3. The molecule has 0 fully saturated rings. The van der Waals surface area contributed by atoms with Gasteiger partial charge in [-0.1, -0.05) is 55.5 Å². The first kappa shape index (κ1) is 15.5. The first-order valence-electron chi connectivity index (χ1n) is 6.81. The fourth-order valence-electron chi connectivity index (χ4n) is 2.26. The van der Waals surface area contributed by atoms with E-state index < -0.39 is 6.10 Å². The number of benzene rings is 1. The Hall–Kier alpha value is -0.540. The third kappa shape index (κ3) is 4.62. The van der Waals surface area contributed by atoms with Crippen molar-refractivity contribution in [1.29, 1.82) is 0 Å². The van der Waals surface area contributed by atoms with Crippen LogP contribution in [0, 0.1) is 5.92 Å². The molecule has 2 nitrogen and oxygen atoms in total. The second-order valence-electron chi connectivity index (χ2n) is 4.94. The molecule has 0 aliphatic rings. The highest BCUT2D eigenvalue weighted by atomic mass is 79.9. The van der Waals surface area contributed by atoms with Gasteiger partial charge in [0.15, 0.2) is 0 Å². The minimum atomic E-state index is -0.454. The summed E-state index contributed by atoms with van der Waals surface area (Å²) >= 11 is 3.42. The quantitative estimate of drug-likeness (QED) is 0.718. The summed E-state index contributed by atoms with van der Waals surface area (Å²) in [6.07, 6.45) is 5.11. The summed E-state index contributed by atoms with van der Waals surface area (Å²) in [4.78, 5) is 0. The van der Waals surface area contributed by atoms with Crippen molar-refractivity contribution in [3.8, 4) is 0 Å². The summed E-state index contributed by atoms with van der Waals surface area (Å²) in [6.45, 7) is 4.40. The molecular formula is C15H24BrNO. The number of aliphatic hydroxyl groups excluding tert-OH is 1. The molecule has 0 bridgehead atoms. The highest BCUT2D eigenvalue weighted by Crippen LogP contribution is 2.31. The molecule has 0 aliphatic carbocycles. The van der Waals surface area contributed by atoms with E-state index in [2.05, 4.69) is 29.8 Å². The van der Waals surface area contributed by atoms with Gasteiger partial charge < -0.3 is 10.8 Å². The first-order chi connectivity index (χ1) is 8.58. The van der Waals surface area contributed by atoms with Gasteiger partial charge in [0.25, 0.3) is 0 Å². The number of unbranched alkanes of at least 4 members (excludes halogenated alkanes) is 1. The number of aliphatic hydroxyl groups is 1. The van der Waals surface area contributed by atoms with E-state index in [0.717, 1.165) is 22.9 Å². The smallest absolute Gasteiger partial charge is 0.0813 e. The Balaban J connectivity index is 2.67. The van der Waals surface area contributed by atoms with Crippen LogP contribution in [0.1, 0.15) is 57.6 Å². The fourth-order valence-corrected chi connectivity index (χ4v) is 2.64. The van der Waals surface area contributed by atoms with Crippen LogP contribution in [0.3, 0.4) is 0 Å². The summed E-state index contributed by atoms with van der Waals surface area (Å²) < 4.78 is 0.965. The summed E-state index contributed by atoms with van der Waals surface area (Å²) in [5.74, 6) is 0.582. The topological polar surface area (TPSA) is 46.2 Å². The Morgan fingerprint density at radius 2 is 2.06 bits per heavy atom. The van der Waals surface area contributed by atoms with Crippen LogP contribution in [0.25, 0.3) is 0 Å². The predicted octanol–water partition coefficient (Wildman–Crippen LogP) is 4.67. The van der Waals surface area contributed by atoms with Crippen molar-refractivity contribution in [3.05, 3.63) is 28.2 Å². The van der Waals surface area contributed by atoms with E-state index in [1.807, 2.05) is 18.2 Å². The molecule has 1 aromatic rings. The Kier molecular flexibility index (Phi) is 6.72. The van der Waals surface area contributed by atoms with Crippen LogP contribution < -0.4 is 5.73 Å². The number of nitrogen functional groups attached to an aromatic ring is 1. The highest BCUT2D eigenvalue weighted by molar-refractivity contribution is 9.10. The van der Waals surface area contributed by atoms with Crippen LogP contribution in [0.5, 0.6) is 0 Å². The molecule has 0 aliphatic heterocycles. The molecule has 1 aromatic carbocycles. The molecular weight excluding hydrogens is 290 g/mol. The van der Waals surface area contributed by atoms with Crippen LogP contribution in [0.15, 0.2) is 22.7 Å². The Morgan fingerprint density at radius 1 is 1.33 bits per heavy atom. The first-order valence-corrected chi connectivity index (χ1v) is 7.60. The average molecular weight is 314 g/mol.